The molecule has 9 heteroatoms. The van der Waals surface area contributed by atoms with Crippen molar-refractivity contribution in [2.75, 3.05) is 5.32 Å². The van der Waals surface area contributed by atoms with Gasteiger partial charge in [-0.1, -0.05) is 12.1 Å². The Labute approximate surface area is 142 Å². The van der Waals surface area contributed by atoms with E-state index in [2.05, 4.69) is 10.3 Å². The smallest absolute Gasteiger partial charge is 0.261 e. The van der Waals surface area contributed by atoms with Gasteiger partial charge >= 0.3 is 0 Å². The molecule has 1 amide bonds. The number of para-hydroxylation sites is 1. The first-order valence-electron chi connectivity index (χ1n) is 7.14. The van der Waals surface area contributed by atoms with E-state index < -0.39 is 16.0 Å². The molecule has 25 heavy (non-hydrogen) atoms. The molecule has 0 aliphatic heterocycles. The van der Waals surface area contributed by atoms with Crippen LogP contribution in [0.4, 0.5) is 5.69 Å². The van der Waals surface area contributed by atoms with E-state index in [9.17, 15) is 22.6 Å². The number of aromatic nitrogens is 2. The van der Waals surface area contributed by atoms with Crippen LogP contribution < -0.4 is 10.9 Å². The summed E-state index contributed by atoms with van der Waals surface area (Å²) in [6, 6.07) is 11.6. The van der Waals surface area contributed by atoms with Gasteiger partial charge in [0.1, 0.15) is 16.7 Å². The van der Waals surface area contributed by atoms with E-state index in [0.29, 0.717) is 16.6 Å². The van der Waals surface area contributed by atoms with E-state index in [1.165, 1.54) is 23.0 Å². The van der Waals surface area contributed by atoms with Crippen LogP contribution in [0.15, 0.2) is 64.5 Å². The van der Waals surface area contributed by atoms with Crippen LogP contribution in [0, 0.1) is 0 Å². The summed E-state index contributed by atoms with van der Waals surface area (Å²) in [4.78, 5) is 28.1. The average molecular weight is 358 g/mol. The second kappa shape index (κ2) is 6.46. The quantitative estimate of drug-likeness (QED) is 0.693. The lowest BCUT2D eigenvalue weighted by molar-refractivity contribution is -0.116. The Balaban J connectivity index is 1.77. The number of nitrogens with one attached hydrogen (secondary N) is 1. The van der Waals surface area contributed by atoms with E-state index in [-0.39, 0.29) is 17.0 Å². The fourth-order valence-corrected chi connectivity index (χ4v) is 2.75. The van der Waals surface area contributed by atoms with Gasteiger partial charge in [-0.05, 0) is 36.4 Å². The first-order chi connectivity index (χ1) is 11.8. The van der Waals surface area contributed by atoms with Crippen molar-refractivity contribution in [3.8, 4) is 0 Å². The SMILES string of the molecule is O=C(Cn1cnc2ccccc2c1=O)Nc1ccc(S(=O)(=O)[O-])cc1. The molecule has 8 nitrogen and oxygen atoms in total. The topological polar surface area (TPSA) is 121 Å². The van der Waals surface area contributed by atoms with Crippen LogP contribution in [-0.2, 0) is 21.5 Å². The molecule has 0 saturated carbocycles. The Kier molecular flexibility index (Phi) is 4.34. The van der Waals surface area contributed by atoms with Gasteiger partial charge in [0, 0.05) is 5.69 Å². The number of fused-ring (bicyclic) bond motifs is 1. The third-order valence-electron chi connectivity index (χ3n) is 3.47. The van der Waals surface area contributed by atoms with Crippen molar-refractivity contribution >= 4 is 32.6 Å². The molecule has 0 unspecified atom stereocenters. The van der Waals surface area contributed by atoms with Gasteiger partial charge in [-0.15, -0.1) is 0 Å². The number of hydrogen-bond acceptors (Lipinski definition) is 6. The van der Waals surface area contributed by atoms with Crippen molar-refractivity contribution < 1.29 is 17.8 Å². The van der Waals surface area contributed by atoms with Crippen LogP contribution in [0.2, 0.25) is 0 Å². The second-order valence-electron chi connectivity index (χ2n) is 5.22. The van der Waals surface area contributed by atoms with Crippen molar-refractivity contribution in [2.24, 2.45) is 0 Å². The molecule has 2 aromatic carbocycles. The highest BCUT2D eigenvalue weighted by Gasteiger charge is 2.09. The molecule has 1 N–H and O–H groups in total. The zero-order valence-electron chi connectivity index (χ0n) is 12.7. The summed E-state index contributed by atoms with van der Waals surface area (Å²) in [6.45, 7) is -0.252. The summed E-state index contributed by atoms with van der Waals surface area (Å²) in [6.07, 6.45) is 1.29. The monoisotopic (exact) mass is 358 g/mol. The molecule has 3 aromatic rings. The molecule has 0 bridgehead atoms. The molecular formula is C16H12N3O5S-. The molecule has 0 aliphatic rings. The Morgan fingerprint density at radius 3 is 2.48 bits per heavy atom. The first-order valence-corrected chi connectivity index (χ1v) is 8.55. The third-order valence-corrected chi connectivity index (χ3v) is 4.32. The van der Waals surface area contributed by atoms with Crippen molar-refractivity contribution in [1.29, 1.82) is 0 Å². The predicted molar refractivity (Wildman–Crippen MR) is 89.0 cm³/mol. The fraction of sp³-hybridized carbons (Fsp3) is 0.0625. The molecule has 1 aromatic heterocycles. The molecule has 0 fully saturated rings. The zero-order valence-corrected chi connectivity index (χ0v) is 13.6. The molecule has 0 radical (unpaired) electrons. The van der Waals surface area contributed by atoms with Gasteiger partial charge in [-0.3, -0.25) is 14.2 Å². The maximum atomic E-state index is 12.3. The number of anilines is 1. The number of carbonyl (C=O) groups excluding carboxylic acids is 1. The summed E-state index contributed by atoms with van der Waals surface area (Å²) in [5.41, 5.74) is 0.506. The van der Waals surface area contributed by atoms with Crippen molar-refractivity contribution in [3.05, 3.63) is 65.2 Å². The minimum absolute atomic E-state index is 0.252. The molecule has 1 heterocycles. The van der Waals surface area contributed by atoms with Gasteiger partial charge in [0.25, 0.3) is 5.56 Å². The van der Waals surface area contributed by atoms with E-state index in [4.69, 9.17) is 0 Å². The first kappa shape index (κ1) is 16.8. The van der Waals surface area contributed by atoms with E-state index in [0.717, 1.165) is 12.1 Å². The van der Waals surface area contributed by atoms with E-state index in [1.54, 1.807) is 24.3 Å². The minimum atomic E-state index is -4.54. The molecule has 3 rings (SSSR count). The highest BCUT2D eigenvalue weighted by atomic mass is 32.2. The van der Waals surface area contributed by atoms with Gasteiger partial charge in [-0.25, -0.2) is 13.4 Å². The van der Waals surface area contributed by atoms with Gasteiger partial charge in [0.2, 0.25) is 5.91 Å². The van der Waals surface area contributed by atoms with Gasteiger partial charge in [0.05, 0.1) is 22.1 Å². The summed E-state index contributed by atoms with van der Waals surface area (Å²) >= 11 is 0. The summed E-state index contributed by atoms with van der Waals surface area (Å²) in [7, 11) is -4.54. The van der Waals surface area contributed by atoms with Gasteiger partial charge in [-0.2, -0.15) is 0 Å². The number of rotatable bonds is 4. The Bertz CT molecular complexity index is 1100. The number of benzene rings is 2. The predicted octanol–water partition coefficient (Wildman–Crippen LogP) is 0.939. The highest BCUT2D eigenvalue weighted by Crippen LogP contribution is 2.13. The number of amides is 1. The van der Waals surface area contributed by atoms with Crippen molar-refractivity contribution in [3.63, 3.8) is 0 Å². The summed E-state index contributed by atoms with van der Waals surface area (Å²) < 4.78 is 33.8. The van der Waals surface area contributed by atoms with Crippen LogP contribution in [0.1, 0.15) is 0 Å². The average Bonchev–Trinajstić information content (AvgIpc) is 2.57. The number of nitrogens with zero attached hydrogens (tertiary/aromatic N) is 2. The lowest BCUT2D eigenvalue weighted by Gasteiger charge is -2.10. The Hall–Kier alpha value is -3.04. The van der Waals surface area contributed by atoms with Crippen molar-refractivity contribution in [1.82, 2.24) is 9.55 Å². The normalized spacial score (nSPS) is 11.4. The zero-order chi connectivity index (χ0) is 18.0. The summed E-state index contributed by atoms with van der Waals surface area (Å²) in [5.74, 6) is -0.489. The van der Waals surface area contributed by atoms with Gasteiger partial charge in [0.15, 0.2) is 0 Å². The van der Waals surface area contributed by atoms with Crippen LogP contribution in [0.3, 0.4) is 0 Å². The van der Waals surface area contributed by atoms with Crippen LogP contribution in [0.5, 0.6) is 0 Å². The minimum Gasteiger partial charge on any atom is -0.744 e. The lowest BCUT2D eigenvalue weighted by Crippen LogP contribution is -2.27. The highest BCUT2D eigenvalue weighted by molar-refractivity contribution is 7.85. The van der Waals surface area contributed by atoms with Crippen LogP contribution in [0.25, 0.3) is 10.9 Å². The molecule has 0 aliphatic carbocycles. The maximum Gasteiger partial charge on any atom is 0.261 e. The third kappa shape index (κ3) is 3.73. The van der Waals surface area contributed by atoms with Crippen LogP contribution >= 0.6 is 0 Å². The maximum absolute atomic E-state index is 12.3. The molecule has 0 atom stereocenters. The summed E-state index contributed by atoms with van der Waals surface area (Å²) in [5, 5.41) is 2.93. The van der Waals surface area contributed by atoms with Crippen LogP contribution in [-0.4, -0.2) is 28.4 Å². The van der Waals surface area contributed by atoms with Crippen molar-refractivity contribution in [2.45, 2.75) is 11.4 Å². The second-order valence-corrected chi connectivity index (χ2v) is 6.60. The number of hydrogen-bond donors (Lipinski definition) is 1. The van der Waals surface area contributed by atoms with Gasteiger partial charge < -0.3 is 9.87 Å². The molecular weight excluding hydrogens is 346 g/mol. The van der Waals surface area contributed by atoms with E-state index in [1.807, 2.05) is 0 Å². The van der Waals surface area contributed by atoms with E-state index >= 15 is 0 Å². The Morgan fingerprint density at radius 2 is 1.80 bits per heavy atom. The largest absolute Gasteiger partial charge is 0.744 e. The Morgan fingerprint density at radius 1 is 1.12 bits per heavy atom. The molecule has 128 valence electrons. The number of carbonyl (C=O) groups is 1. The molecule has 0 spiro atoms. The lowest BCUT2D eigenvalue weighted by atomic mass is 10.2. The standard InChI is InChI=1S/C16H13N3O5S/c20-15(18-11-5-7-12(8-6-11)25(22,23)24)9-19-10-17-14-4-2-1-3-13(14)16(19)21/h1-8,10H,9H2,(H,18,20)(H,22,23,24)/p-1. The molecule has 0 saturated heterocycles. The fourth-order valence-electron chi connectivity index (χ4n) is 2.28.